The summed E-state index contributed by atoms with van der Waals surface area (Å²) in [6, 6.07) is 18.6. The second-order valence-corrected chi connectivity index (χ2v) is 12.2. The summed E-state index contributed by atoms with van der Waals surface area (Å²) in [4.78, 5) is 13.0. The Labute approximate surface area is 154 Å². The van der Waals surface area contributed by atoms with Gasteiger partial charge in [0.25, 0.3) is 0 Å². The van der Waals surface area contributed by atoms with Crippen LogP contribution in [0.3, 0.4) is 0 Å². The van der Waals surface area contributed by atoms with Gasteiger partial charge in [-0.3, -0.25) is 4.79 Å². The molecule has 1 aromatic heterocycles. The average molecular weight is 363 g/mol. The van der Waals surface area contributed by atoms with Crippen LogP contribution in [0.5, 0.6) is 11.5 Å². The third-order valence-electron chi connectivity index (χ3n) is 4.06. The standard InChI is InChI=1S/C22H22O3Si/c1-16(17-14-21(24-15-17)26(2,3)4)22(23)19-12-8-9-13-20(19)25-18-10-6-5-7-11-18/h5-15H,1H2,2-4H3. The second-order valence-electron chi connectivity index (χ2n) is 7.17. The molecule has 0 atom stereocenters. The molecular formula is C22H22O3Si. The van der Waals surface area contributed by atoms with E-state index in [2.05, 4.69) is 26.2 Å². The first-order valence-electron chi connectivity index (χ1n) is 8.51. The van der Waals surface area contributed by atoms with Crippen molar-refractivity contribution < 1.29 is 13.9 Å². The fourth-order valence-corrected chi connectivity index (χ4v) is 3.54. The van der Waals surface area contributed by atoms with Crippen LogP contribution >= 0.6 is 0 Å². The Kier molecular flexibility index (Phi) is 4.96. The first kappa shape index (κ1) is 18.0. The lowest BCUT2D eigenvalue weighted by atomic mass is 9.99. The lowest BCUT2D eigenvalue weighted by Gasteiger charge is -2.11. The number of carbonyl (C=O) groups is 1. The Balaban J connectivity index is 1.88. The highest BCUT2D eigenvalue weighted by Crippen LogP contribution is 2.29. The topological polar surface area (TPSA) is 39.4 Å². The third-order valence-corrected chi connectivity index (χ3v) is 5.80. The van der Waals surface area contributed by atoms with Gasteiger partial charge in [-0.05, 0) is 30.3 Å². The molecule has 0 bridgehead atoms. The number of para-hydroxylation sites is 2. The zero-order valence-corrected chi connectivity index (χ0v) is 16.3. The summed E-state index contributed by atoms with van der Waals surface area (Å²) in [5.41, 5.74) is 1.61. The highest BCUT2D eigenvalue weighted by atomic mass is 28.3. The molecule has 0 radical (unpaired) electrons. The first-order chi connectivity index (χ1) is 12.4. The molecule has 0 amide bonds. The minimum absolute atomic E-state index is 0.167. The second kappa shape index (κ2) is 7.18. The molecule has 0 saturated carbocycles. The predicted molar refractivity (Wildman–Crippen MR) is 108 cm³/mol. The number of carbonyl (C=O) groups excluding carboxylic acids is 1. The van der Waals surface area contributed by atoms with Gasteiger partial charge in [-0.1, -0.05) is 56.6 Å². The SMILES string of the molecule is C=C(C(=O)c1ccccc1Oc1ccccc1)c1coc([Si](C)(C)C)c1. The number of ether oxygens (including phenoxy) is 1. The monoisotopic (exact) mass is 362 g/mol. The fraction of sp³-hybridized carbons (Fsp3) is 0.136. The maximum Gasteiger partial charge on any atom is 0.196 e. The van der Waals surface area contributed by atoms with Gasteiger partial charge in [0.1, 0.15) is 19.6 Å². The minimum atomic E-state index is -1.58. The Hall–Kier alpha value is -2.85. The molecule has 0 unspecified atom stereocenters. The van der Waals surface area contributed by atoms with Gasteiger partial charge in [-0.2, -0.15) is 0 Å². The van der Waals surface area contributed by atoms with E-state index in [4.69, 9.17) is 9.15 Å². The van der Waals surface area contributed by atoms with Crippen molar-refractivity contribution in [3.63, 3.8) is 0 Å². The molecule has 0 spiro atoms. The highest BCUT2D eigenvalue weighted by molar-refractivity contribution is 6.87. The lowest BCUT2D eigenvalue weighted by Crippen LogP contribution is -2.36. The van der Waals surface area contributed by atoms with Crippen LogP contribution in [0.2, 0.25) is 19.6 Å². The van der Waals surface area contributed by atoms with Crippen LogP contribution in [-0.2, 0) is 0 Å². The van der Waals surface area contributed by atoms with Gasteiger partial charge in [-0.15, -0.1) is 0 Å². The van der Waals surface area contributed by atoms with Crippen molar-refractivity contribution in [3.05, 3.63) is 84.6 Å². The van der Waals surface area contributed by atoms with E-state index >= 15 is 0 Å². The molecule has 0 N–H and O–H groups in total. The summed E-state index contributed by atoms with van der Waals surface area (Å²) in [6.45, 7) is 10.6. The van der Waals surface area contributed by atoms with Crippen LogP contribution in [0.4, 0.5) is 0 Å². The van der Waals surface area contributed by atoms with Crippen molar-refractivity contribution in [1.82, 2.24) is 0 Å². The first-order valence-corrected chi connectivity index (χ1v) is 12.0. The van der Waals surface area contributed by atoms with Gasteiger partial charge in [-0.25, -0.2) is 0 Å². The van der Waals surface area contributed by atoms with Crippen molar-refractivity contribution in [3.8, 4) is 11.5 Å². The highest BCUT2D eigenvalue weighted by Gasteiger charge is 2.24. The molecule has 3 nitrogen and oxygen atoms in total. The summed E-state index contributed by atoms with van der Waals surface area (Å²) in [7, 11) is -1.58. The van der Waals surface area contributed by atoms with Crippen LogP contribution in [0.25, 0.3) is 5.57 Å². The van der Waals surface area contributed by atoms with Gasteiger partial charge in [0.15, 0.2) is 5.78 Å². The van der Waals surface area contributed by atoms with E-state index in [9.17, 15) is 4.79 Å². The largest absolute Gasteiger partial charge is 0.474 e. The molecule has 0 saturated heterocycles. The Morgan fingerprint density at radius 1 is 1.00 bits per heavy atom. The summed E-state index contributed by atoms with van der Waals surface area (Å²) >= 11 is 0. The molecule has 4 heteroatoms. The zero-order valence-electron chi connectivity index (χ0n) is 15.3. The van der Waals surface area contributed by atoms with Crippen molar-refractivity contribution in [2.45, 2.75) is 19.6 Å². The van der Waals surface area contributed by atoms with Crippen LogP contribution < -0.4 is 10.1 Å². The van der Waals surface area contributed by atoms with Crippen molar-refractivity contribution in [2.24, 2.45) is 0 Å². The van der Waals surface area contributed by atoms with Crippen molar-refractivity contribution in [2.75, 3.05) is 0 Å². The summed E-state index contributed by atoms with van der Waals surface area (Å²) in [6.07, 6.45) is 1.62. The maximum atomic E-state index is 13.0. The van der Waals surface area contributed by atoms with E-state index in [0.29, 0.717) is 22.6 Å². The van der Waals surface area contributed by atoms with Gasteiger partial charge in [0.05, 0.1) is 17.2 Å². The molecule has 0 aliphatic heterocycles. The van der Waals surface area contributed by atoms with E-state index in [0.717, 1.165) is 10.9 Å². The molecule has 1 heterocycles. The van der Waals surface area contributed by atoms with Gasteiger partial charge < -0.3 is 9.15 Å². The number of Topliss-reactive ketones (excluding diaryl/α,β-unsaturated/α-hetero) is 1. The van der Waals surface area contributed by atoms with E-state index in [-0.39, 0.29) is 5.78 Å². The number of hydrogen-bond donors (Lipinski definition) is 0. The molecule has 132 valence electrons. The van der Waals surface area contributed by atoms with Crippen LogP contribution in [0.1, 0.15) is 15.9 Å². The number of hydrogen-bond acceptors (Lipinski definition) is 3. The molecule has 26 heavy (non-hydrogen) atoms. The van der Waals surface area contributed by atoms with Crippen molar-refractivity contribution >= 4 is 24.8 Å². The van der Waals surface area contributed by atoms with Gasteiger partial charge >= 0.3 is 0 Å². The van der Waals surface area contributed by atoms with E-state index < -0.39 is 8.07 Å². The predicted octanol–water partition coefficient (Wildman–Crippen LogP) is 5.51. The van der Waals surface area contributed by atoms with E-state index in [1.54, 1.807) is 18.4 Å². The Morgan fingerprint density at radius 2 is 1.65 bits per heavy atom. The number of furan rings is 1. The van der Waals surface area contributed by atoms with Crippen LogP contribution in [-0.4, -0.2) is 13.9 Å². The number of allylic oxidation sites excluding steroid dienone is 1. The Bertz CT molecular complexity index is 933. The summed E-state index contributed by atoms with van der Waals surface area (Å²) in [5.74, 6) is 1.03. The van der Waals surface area contributed by atoms with E-state index in [1.807, 2.05) is 48.5 Å². The fourth-order valence-electron chi connectivity index (χ4n) is 2.54. The molecular weight excluding hydrogens is 340 g/mol. The lowest BCUT2D eigenvalue weighted by molar-refractivity contribution is 0.105. The molecule has 0 fully saturated rings. The quantitative estimate of drug-likeness (QED) is 0.329. The zero-order chi connectivity index (χ0) is 18.7. The number of benzene rings is 2. The maximum absolute atomic E-state index is 13.0. The van der Waals surface area contributed by atoms with Gasteiger partial charge in [0, 0.05) is 11.1 Å². The van der Waals surface area contributed by atoms with Crippen LogP contribution in [0.15, 0.2) is 77.9 Å². The minimum Gasteiger partial charge on any atom is -0.474 e. The smallest absolute Gasteiger partial charge is 0.196 e. The molecule has 3 aromatic rings. The molecule has 0 aliphatic rings. The number of rotatable bonds is 6. The molecule has 0 aliphatic carbocycles. The van der Waals surface area contributed by atoms with E-state index in [1.165, 1.54) is 0 Å². The number of ketones is 1. The van der Waals surface area contributed by atoms with Gasteiger partial charge in [0.2, 0.25) is 0 Å². The van der Waals surface area contributed by atoms with Crippen LogP contribution in [0, 0.1) is 0 Å². The van der Waals surface area contributed by atoms with Crippen molar-refractivity contribution in [1.29, 1.82) is 0 Å². The summed E-state index contributed by atoms with van der Waals surface area (Å²) in [5, 5.41) is 0.954. The average Bonchev–Trinajstić information content (AvgIpc) is 3.12. The molecule has 2 aromatic carbocycles. The summed E-state index contributed by atoms with van der Waals surface area (Å²) < 4.78 is 11.6. The third kappa shape index (κ3) is 3.86. The molecule has 3 rings (SSSR count). The Morgan fingerprint density at radius 3 is 2.31 bits per heavy atom. The normalized spacial score (nSPS) is 11.2.